The molecule has 0 aliphatic carbocycles. The van der Waals surface area contributed by atoms with Crippen molar-refractivity contribution in [3.05, 3.63) is 72.9 Å². The van der Waals surface area contributed by atoms with Crippen molar-refractivity contribution in [2.24, 2.45) is 0 Å². The molecule has 19 heteroatoms. The fraction of sp³-hybridized carbons (Fsp3) is 0.889. The minimum Gasteiger partial charge on any atom is -0.596 e. The monoisotopic (exact) mass is 1980 g/mol. The third-order valence-corrected chi connectivity index (χ3v) is 27.2. The second-order valence-electron chi connectivity index (χ2n) is 36.0. The second-order valence-corrected chi connectivity index (χ2v) is 42.6. The maximum atomic E-state index is 10.4. The van der Waals surface area contributed by atoms with Gasteiger partial charge in [-0.25, -0.2) is 0 Å². The van der Waals surface area contributed by atoms with E-state index in [0.29, 0.717) is 37.0 Å². The standard InChI is InChI=1S/6C18H35O2P.Mo/c6*1-2-3-4-5-6-7-8-9-10-11-12-13-14-15-16-17-18-21(19)20;/h6*9-10H,2-8,11-18H2,1H3;/b6*10-9-;. The van der Waals surface area contributed by atoms with Gasteiger partial charge >= 0.3 is 48.2 Å². The van der Waals surface area contributed by atoms with E-state index < -0.39 is 48.2 Å². The van der Waals surface area contributed by atoms with E-state index in [2.05, 4.69) is 114 Å². The van der Waals surface area contributed by atoms with Crippen LogP contribution >= 0.6 is 48.2 Å². The van der Waals surface area contributed by atoms with Crippen LogP contribution in [0.25, 0.3) is 0 Å². The molecule has 0 saturated carbocycles. The minimum absolute atomic E-state index is 0. The summed E-state index contributed by atoms with van der Waals surface area (Å²) in [5.74, 6) is 0. The Kier molecular flexibility index (Phi) is 150. The van der Waals surface area contributed by atoms with Crippen molar-refractivity contribution >= 4 is 48.2 Å². The Morgan fingerprint density at radius 3 is 0.276 bits per heavy atom. The first-order valence-corrected chi connectivity index (χ1v) is 62.4. The molecule has 0 aliphatic heterocycles. The Hall–Kier alpha value is -0.512. The molecule has 6 atom stereocenters. The summed E-state index contributed by atoms with van der Waals surface area (Å²) >= 11 is 0. The molecule has 0 bridgehead atoms. The summed E-state index contributed by atoms with van der Waals surface area (Å²) in [5, 5.41) is 0. The van der Waals surface area contributed by atoms with E-state index in [0.717, 1.165) is 77.0 Å². The van der Waals surface area contributed by atoms with E-state index in [-0.39, 0.29) is 21.1 Å². The van der Waals surface area contributed by atoms with E-state index in [9.17, 15) is 56.8 Å². The summed E-state index contributed by atoms with van der Waals surface area (Å²) in [7, 11) is -12.9. The van der Waals surface area contributed by atoms with Gasteiger partial charge in [-0.3, -0.25) is 0 Å². The van der Waals surface area contributed by atoms with Crippen LogP contribution in [0.4, 0.5) is 0 Å². The van der Waals surface area contributed by atoms with Crippen LogP contribution in [0.2, 0.25) is 0 Å². The van der Waals surface area contributed by atoms with Crippen molar-refractivity contribution in [3.63, 3.8) is 0 Å². The molecule has 0 radical (unpaired) electrons. The van der Waals surface area contributed by atoms with Gasteiger partial charge in [0.2, 0.25) is 0 Å². The van der Waals surface area contributed by atoms with Gasteiger partial charge < -0.3 is 29.4 Å². The van der Waals surface area contributed by atoms with Crippen molar-refractivity contribution in [1.29, 1.82) is 0 Å². The van der Waals surface area contributed by atoms with Crippen LogP contribution in [0.3, 0.4) is 0 Å². The van der Waals surface area contributed by atoms with Crippen molar-refractivity contribution in [2.75, 3.05) is 37.0 Å². The molecular weight excluding hydrogens is 1770 g/mol. The summed E-state index contributed by atoms with van der Waals surface area (Å²) in [6, 6.07) is 0. The third-order valence-electron chi connectivity index (χ3n) is 23.1. The molecule has 0 fully saturated rings. The van der Waals surface area contributed by atoms with E-state index in [1.54, 1.807) is 0 Å². The quantitative estimate of drug-likeness (QED) is 0.0239. The summed E-state index contributed by atoms with van der Waals surface area (Å²) in [6.07, 6.45) is 136. The number of hydrogen-bond acceptors (Lipinski definition) is 12. The van der Waals surface area contributed by atoms with E-state index >= 15 is 0 Å². The molecule has 0 heterocycles. The summed E-state index contributed by atoms with van der Waals surface area (Å²) in [6.45, 7) is 13.6. The molecule has 0 amide bonds. The van der Waals surface area contributed by atoms with Gasteiger partial charge in [-0.05, 0) is 231 Å². The topological polar surface area (TPSA) is 241 Å². The van der Waals surface area contributed by atoms with Gasteiger partial charge in [0.1, 0.15) is 37.0 Å². The largest absolute Gasteiger partial charge is 0.596 e. The molecule has 0 aromatic heterocycles. The molecule has 0 N–H and O–H groups in total. The minimum atomic E-state index is -2.15. The average molecular weight is 1980 g/mol. The number of unbranched alkanes of at least 4 members (excludes halogenated alkanes) is 72. The van der Waals surface area contributed by atoms with Gasteiger partial charge in [0.15, 0.2) is 0 Å². The molecule has 0 rings (SSSR count). The third kappa shape index (κ3) is 166. The molecule has 0 aromatic carbocycles. The number of hydrogen-bond donors (Lipinski definition) is 0. The normalized spacial score (nSPS) is 12.1. The van der Waals surface area contributed by atoms with Gasteiger partial charge in [-0.2, -0.15) is 0 Å². The molecule has 0 spiro atoms. The van der Waals surface area contributed by atoms with E-state index in [1.807, 2.05) is 0 Å². The fourth-order valence-corrected chi connectivity index (χ4v) is 17.8. The van der Waals surface area contributed by atoms with Gasteiger partial charge in [0.05, 0.1) is 0 Å². The van der Waals surface area contributed by atoms with Crippen molar-refractivity contribution < 1.29 is 77.8 Å². The maximum Gasteiger partial charge on any atom is 0.308 e. The Labute approximate surface area is 811 Å². The first-order chi connectivity index (χ1) is 61.6. The summed E-state index contributed by atoms with van der Waals surface area (Å²) in [4.78, 5) is 62.3. The molecule has 6 unspecified atom stereocenters. The van der Waals surface area contributed by atoms with Crippen LogP contribution < -0.4 is 29.4 Å². The number of allylic oxidation sites excluding steroid dienone is 12. The van der Waals surface area contributed by atoms with Gasteiger partial charge in [-0.1, -0.05) is 450 Å². The van der Waals surface area contributed by atoms with Crippen LogP contribution in [-0.2, 0) is 48.5 Å². The van der Waals surface area contributed by atoms with Crippen LogP contribution in [0.15, 0.2) is 72.9 Å². The second kappa shape index (κ2) is 136. The molecule has 12 nitrogen and oxygen atoms in total. The predicted molar refractivity (Wildman–Crippen MR) is 552 cm³/mol. The average Bonchev–Trinajstić information content (AvgIpc) is 1.15. The van der Waals surface area contributed by atoms with Crippen molar-refractivity contribution in [3.8, 4) is 0 Å². The van der Waals surface area contributed by atoms with Gasteiger partial charge in [0.25, 0.3) is 0 Å². The predicted octanol–water partition coefficient (Wildman–Crippen LogP) is 36.8. The fourth-order valence-electron chi connectivity index (χ4n) is 14.9. The van der Waals surface area contributed by atoms with Crippen LogP contribution in [0, 0.1) is 0 Å². The Bertz CT molecular complexity index is 1920. The zero-order chi connectivity index (χ0) is 93.6. The van der Waals surface area contributed by atoms with Crippen LogP contribution in [0.1, 0.15) is 581 Å². The SMILES string of the molecule is CCCCCCCC/C=C\CCCCCCCC[P+](=O)[O-].CCCCCCCC/C=C\CCCCCCCC[P+](=O)[O-].CCCCCCCC/C=C\CCCCCCCC[P+](=O)[O-].CCCCCCCC/C=C\CCCCCCCC[P+](=O)[O-].CCCCCCCC/C=C\CCCCCCCC[P+](=O)[O-].CCCCCCCC/C=C\CCCCCCCC[P+](=O)[O-].[Mo]. The molecular formula is C108H210MoO12P6. The maximum absolute atomic E-state index is 10.4. The van der Waals surface area contributed by atoms with E-state index in [1.165, 1.54) is 462 Å². The first-order valence-electron chi connectivity index (χ1n) is 54.2. The van der Waals surface area contributed by atoms with Crippen molar-refractivity contribution in [2.45, 2.75) is 581 Å². The molecule has 0 saturated heterocycles. The van der Waals surface area contributed by atoms with E-state index in [4.69, 9.17) is 0 Å². The summed E-state index contributed by atoms with van der Waals surface area (Å²) < 4.78 is 62.3. The van der Waals surface area contributed by atoms with Crippen LogP contribution in [0.5, 0.6) is 0 Å². The first kappa shape index (κ1) is 140. The number of rotatable bonds is 96. The molecule has 0 aromatic rings. The Morgan fingerprint density at radius 2 is 0.197 bits per heavy atom. The molecule has 0 aliphatic rings. The molecule has 127 heavy (non-hydrogen) atoms. The smallest absolute Gasteiger partial charge is 0.308 e. The van der Waals surface area contributed by atoms with Gasteiger partial charge in [0, 0.05) is 21.1 Å². The van der Waals surface area contributed by atoms with Crippen molar-refractivity contribution in [1.82, 2.24) is 0 Å². The summed E-state index contributed by atoms with van der Waals surface area (Å²) in [5.41, 5.74) is 0. The Balaban J connectivity index is -0.000000272. The molecule has 750 valence electrons. The zero-order valence-electron chi connectivity index (χ0n) is 84.6. The van der Waals surface area contributed by atoms with Gasteiger partial charge in [-0.15, -0.1) is 0 Å². The zero-order valence-corrected chi connectivity index (χ0v) is 91.9. The Morgan fingerprint density at radius 1 is 0.126 bits per heavy atom. The van der Waals surface area contributed by atoms with Crippen LogP contribution in [-0.4, -0.2) is 37.0 Å².